The van der Waals surface area contributed by atoms with Gasteiger partial charge in [-0.15, -0.1) is 0 Å². The zero-order valence-corrected chi connectivity index (χ0v) is 19.7. The van der Waals surface area contributed by atoms with E-state index in [2.05, 4.69) is 0 Å². The van der Waals surface area contributed by atoms with Gasteiger partial charge in [0.15, 0.2) is 24.6 Å². The molecule has 0 amide bonds. The topological polar surface area (TPSA) is 161 Å². The number of carboxylic acid groups (broad SMARTS) is 1. The summed E-state index contributed by atoms with van der Waals surface area (Å²) < 4.78 is 32.4. The van der Waals surface area contributed by atoms with Crippen molar-refractivity contribution in [3.05, 3.63) is 35.9 Å². The van der Waals surface area contributed by atoms with Gasteiger partial charge in [-0.1, -0.05) is 30.3 Å². The molecule has 0 aromatic heterocycles. The molecule has 1 saturated heterocycles. The minimum atomic E-state index is -1.46. The SMILES string of the molecule is CC(=O)OC[C@H]1OC(OCC(C(=O)O)c2ccccc2)[C@@H](OC(C)=O)[C@@H](OC(C)=O)[C@@H]1OC(C)=O. The predicted molar refractivity (Wildman–Crippen MR) is 115 cm³/mol. The van der Waals surface area contributed by atoms with Gasteiger partial charge in [0.05, 0.1) is 6.61 Å². The second kappa shape index (κ2) is 12.8. The van der Waals surface area contributed by atoms with Crippen LogP contribution in [-0.4, -0.2) is 78.9 Å². The normalized spacial score (nSPS) is 24.5. The first-order valence-electron chi connectivity index (χ1n) is 10.7. The minimum absolute atomic E-state index is 0.410. The number of carboxylic acids is 1. The highest BCUT2D eigenvalue weighted by atomic mass is 16.7. The Labute approximate surface area is 201 Å². The van der Waals surface area contributed by atoms with Crippen LogP contribution in [0.15, 0.2) is 30.3 Å². The summed E-state index contributed by atoms with van der Waals surface area (Å²) in [6.07, 6.45) is -6.81. The lowest BCUT2D eigenvalue weighted by atomic mass is 9.97. The molecule has 12 nitrogen and oxygen atoms in total. The molecule has 192 valence electrons. The van der Waals surface area contributed by atoms with Gasteiger partial charge >= 0.3 is 29.8 Å². The van der Waals surface area contributed by atoms with Gasteiger partial charge in [-0.05, 0) is 5.56 Å². The van der Waals surface area contributed by atoms with Crippen molar-refractivity contribution in [2.75, 3.05) is 13.2 Å². The molecule has 35 heavy (non-hydrogen) atoms. The van der Waals surface area contributed by atoms with Crippen molar-refractivity contribution in [3.63, 3.8) is 0 Å². The average Bonchev–Trinajstić information content (AvgIpc) is 2.75. The maximum absolute atomic E-state index is 11.9. The summed E-state index contributed by atoms with van der Waals surface area (Å²) in [6.45, 7) is 3.62. The molecule has 0 spiro atoms. The van der Waals surface area contributed by atoms with Crippen LogP contribution in [0.3, 0.4) is 0 Å². The quantitative estimate of drug-likeness (QED) is 0.361. The third-order valence-corrected chi connectivity index (χ3v) is 4.88. The Hall–Kier alpha value is -3.51. The summed E-state index contributed by atoms with van der Waals surface area (Å²) in [5.41, 5.74) is 0.450. The first kappa shape index (κ1) is 27.7. The molecule has 1 fully saturated rings. The smallest absolute Gasteiger partial charge is 0.313 e. The molecular weight excluding hydrogens is 468 g/mol. The molecule has 1 heterocycles. The van der Waals surface area contributed by atoms with Crippen LogP contribution in [-0.2, 0) is 52.4 Å². The molecule has 6 atom stereocenters. The molecule has 1 aliphatic rings. The maximum Gasteiger partial charge on any atom is 0.313 e. The summed E-state index contributed by atoms with van der Waals surface area (Å²) >= 11 is 0. The van der Waals surface area contributed by atoms with E-state index in [1.807, 2.05) is 0 Å². The Morgan fingerprint density at radius 1 is 0.829 bits per heavy atom. The van der Waals surface area contributed by atoms with E-state index in [-0.39, 0.29) is 0 Å². The molecule has 1 aromatic rings. The van der Waals surface area contributed by atoms with E-state index in [4.69, 9.17) is 28.4 Å². The standard InChI is InChI=1S/C23H28O12/c1-12(24)30-11-18-19(32-13(2)25)20(33-14(3)26)21(34-15(4)27)23(35-18)31-10-17(22(28)29)16-8-6-5-7-9-16/h5-9,17-21,23H,10-11H2,1-4H3,(H,28,29)/t17?,18-,19-,20+,21+,23?/m1/s1. The van der Waals surface area contributed by atoms with E-state index in [9.17, 15) is 29.1 Å². The van der Waals surface area contributed by atoms with Gasteiger partial charge in [-0.3, -0.25) is 24.0 Å². The molecule has 0 bridgehead atoms. The predicted octanol–water partition coefficient (Wildman–Crippen LogP) is 0.954. The number of carbonyl (C=O) groups is 5. The van der Waals surface area contributed by atoms with Crippen LogP contribution in [0.5, 0.6) is 0 Å². The lowest BCUT2D eigenvalue weighted by Crippen LogP contribution is -2.63. The molecule has 0 aliphatic carbocycles. The van der Waals surface area contributed by atoms with Crippen molar-refractivity contribution in [3.8, 4) is 0 Å². The molecule has 12 heteroatoms. The zero-order valence-electron chi connectivity index (χ0n) is 19.7. The minimum Gasteiger partial charge on any atom is -0.481 e. The summed E-state index contributed by atoms with van der Waals surface area (Å²) in [7, 11) is 0. The number of benzene rings is 1. The van der Waals surface area contributed by atoms with Crippen LogP contribution in [0, 0.1) is 0 Å². The third-order valence-electron chi connectivity index (χ3n) is 4.88. The van der Waals surface area contributed by atoms with Gasteiger partial charge < -0.3 is 33.5 Å². The Balaban J connectivity index is 2.39. The van der Waals surface area contributed by atoms with Crippen molar-refractivity contribution in [1.82, 2.24) is 0 Å². The lowest BCUT2D eigenvalue weighted by molar-refractivity contribution is -0.308. The van der Waals surface area contributed by atoms with E-state index in [1.54, 1.807) is 30.3 Å². The number of hydrogen-bond donors (Lipinski definition) is 1. The van der Waals surface area contributed by atoms with Crippen LogP contribution in [0.1, 0.15) is 39.2 Å². The lowest BCUT2D eigenvalue weighted by Gasteiger charge is -2.44. The number of aliphatic carboxylic acids is 1. The van der Waals surface area contributed by atoms with Crippen LogP contribution >= 0.6 is 0 Å². The number of rotatable bonds is 10. The highest BCUT2D eigenvalue weighted by molar-refractivity contribution is 5.76. The molecule has 2 rings (SSSR count). The number of ether oxygens (including phenoxy) is 6. The highest BCUT2D eigenvalue weighted by Crippen LogP contribution is 2.31. The van der Waals surface area contributed by atoms with Gasteiger partial charge in [-0.25, -0.2) is 0 Å². The Kier molecular flexibility index (Phi) is 10.2. The average molecular weight is 496 g/mol. The molecular formula is C23H28O12. The fraction of sp³-hybridized carbons (Fsp3) is 0.522. The molecule has 1 aromatic carbocycles. The first-order valence-corrected chi connectivity index (χ1v) is 10.7. The van der Waals surface area contributed by atoms with E-state index in [0.29, 0.717) is 5.56 Å². The first-order chi connectivity index (χ1) is 16.5. The van der Waals surface area contributed by atoms with Gasteiger partial charge in [0.1, 0.15) is 18.6 Å². The second-order valence-corrected chi connectivity index (χ2v) is 7.70. The van der Waals surface area contributed by atoms with Gasteiger partial charge in [0.25, 0.3) is 0 Å². The zero-order chi connectivity index (χ0) is 26.1. The molecule has 1 aliphatic heterocycles. The van der Waals surface area contributed by atoms with E-state index in [1.165, 1.54) is 0 Å². The van der Waals surface area contributed by atoms with Crippen molar-refractivity contribution in [1.29, 1.82) is 0 Å². The largest absolute Gasteiger partial charge is 0.481 e. The van der Waals surface area contributed by atoms with Gasteiger partial charge in [0.2, 0.25) is 0 Å². The number of carbonyl (C=O) groups excluding carboxylic acids is 4. The summed E-state index contributed by atoms with van der Waals surface area (Å²) in [5.74, 6) is -5.29. The van der Waals surface area contributed by atoms with Gasteiger partial charge in [-0.2, -0.15) is 0 Å². The van der Waals surface area contributed by atoms with E-state index in [0.717, 1.165) is 27.7 Å². The molecule has 0 saturated carbocycles. The Bertz CT molecular complexity index is 914. The maximum atomic E-state index is 11.9. The Morgan fingerprint density at radius 3 is 1.89 bits per heavy atom. The van der Waals surface area contributed by atoms with E-state index >= 15 is 0 Å². The van der Waals surface area contributed by atoms with Crippen LogP contribution in [0.25, 0.3) is 0 Å². The van der Waals surface area contributed by atoms with Crippen LogP contribution < -0.4 is 0 Å². The number of esters is 4. The van der Waals surface area contributed by atoms with Gasteiger partial charge in [0, 0.05) is 27.7 Å². The molecule has 0 radical (unpaired) electrons. The fourth-order valence-corrected chi connectivity index (χ4v) is 3.51. The van der Waals surface area contributed by atoms with Crippen molar-refractivity contribution in [2.24, 2.45) is 0 Å². The Morgan fingerprint density at radius 2 is 1.37 bits per heavy atom. The van der Waals surface area contributed by atoms with Crippen molar-refractivity contribution in [2.45, 2.75) is 64.3 Å². The second-order valence-electron chi connectivity index (χ2n) is 7.70. The summed E-state index contributed by atoms with van der Waals surface area (Å²) in [6, 6.07) is 8.27. The van der Waals surface area contributed by atoms with Crippen molar-refractivity contribution >= 4 is 29.8 Å². The highest BCUT2D eigenvalue weighted by Gasteiger charge is 2.53. The van der Waals surface area contributed by atoms with E-state index < -0.39 is 79.7 Å². The summed E-state index contributed by atoms with van der Waals surface area (Å²) in [5, 5.41) is 9.69. The molecule has 2 unspecified atom stereocenters. The fourth-order valence-electron chi connectivity index (χ4n) is 3.51. The number of hydrogen-bond acceptors (Lipinski definition) is 11. The van der Waals surface area contributed by atoms with Crippen LogP contribution in [0.2, 0.25) is 0 Å². The third kappa shape index (κ3) is 8.34. The monoisotopic (exact) mass is 496 g/mol. The van der Waals surface area contributed by atoms with Crippen molar-refractivity contribution < 1.29 is 57.5 Å². The van der Waals surface area contributed by atoms with Crippen LogP contribution in [0.4, 0.5) is 0 Å². The molecule has 1 N–H and O–H groups in total. The summed E-state index contributed by atoms with van der Waals surface area (Å²) in [4.78, 5) is 58.7.